The highest BCUT2D eigenvalue weighted by atomic mass is 32.1. The Bertz CT molecular complexity index is 856. The Morgan fingerprint density at radius 2 is 2.08 bits per heavy atom. The summed E-state index contributed by atoms with van der Waals surface area (Å²) in [4.78, 5) is 13.3. The van der Waals surface area contributed by atoms with Crippen molar-refractivity contribution in [3.8, 4) is 11.3 Å². The number of amides is 1. The average molecular weight is 354 g/mol. The van der Waals surface area contributed by atoms with Crippen LogP contribution in [0.2, 0.25) is 0 Å². The van der Waals surface area contributed by atoms with Gasteiger partial charge in [-0.25, -0.2) is 0 Å². The van der Waals surface area contributed by atoms with Crippen LogP contribution in [0.1, 0.15) is 28.2 Å². The summed E-state index contributed by atoms with van der Waals surface area (Å²) >= 11 is 1.51. The van der Waals surface area contributed by atoms with Crippen LogP contribution >= 0.6 is 11.3 Å². The van der Waals surface area contributed by atoms with Crippen molar-refractivity contribution in [2.45, 2.75) is 18.4 Å². The summed E-state index contributed by atoms with van der Waals surface area (Å²) in [7, 11) is 0. The van der Waals surface area contributed by atoms with Crippen molar-refractivity contribution in [1.29, 1.82) is 0 Å². The molecule has 1 atom stereocenters. The van der Waals surface area contributed by atoms with E-state index in [1.807, 2.05) is 47.8 Å². The highest BCUT2D eigenvalue weighted by molar-refractivity contribution is 7.10. The Hall–Kier alpha value is -2.44. The molecule has 3 aromatic rings. The Kier molecular flexibility index (Phi) is 4.15. The van der Waals surface area contributed by atoms with E-state index in [0.29, 0.717) is 5.76 Å². The van der Waals surface area contributed by atoms with Crippen LogP contribution in [0.15, 0.2) is 58.4 Å². The highest BCUT2D eigenvalue weighted by Crippen LogP contribution is 2.46. The van der Waals surface area contributed by atoms with Crippen molar-refractivity contribution < 1.29 is 14.4 Å². The average Bonchev–Trinajstić information content (AvgIpc) is 3.15. The third-order valence-electron chi connectivity index (χ3n) is 4.52. The molecule has 0 unspecified atom stereocenters. The van der Waals surface area contributed by atoms with Crippen molar-refractivity contribution in [1.82, 2.24) is 10.5 Å². The molecule has 1 amide bonds. The fourth-order valence-corrected chi connectivity index (χ4v) is 3.85. The second-order valence-electron chi connectivity index (χ2n) is 6.30. The predicted octanol–water partition coefficient (Wildman–Crippen LogP) is 3.43. The number of nitrogens with zero attached hydrogens (tertiary/aromatic N) is 1. The van der Waals surface area contributed by atoms with Gasteiger partial charge in [-0.05, 0) is 30.2 Å². The summed E-state index contributed by atoms with van der Waals surface area (Å²) in [6.07, 6.45) is 1.96. The topological polar surface area (TPSA) is 75.4 Å². The first-order chi connectivity index (χ1) is 12.2. The van der Waals surface area contributed by atoms with Crippen molar-refractivity contribution in [2.24, 2.45) is 5.92 Å². The number of aromatic nitrogens is 1. The third-order valence-corrected chi connectivity index (χ3v) is 5.56. The van der Waals surface area contributed by atoms with E-state index in [9.17, 15) is 9.90 Å². The van der Waals surface area contributed by atoms with Crippen LogP contribution in [0.4, 0.5) is 0 Å². The van der Waals surface area contributed by atoms with Gasteiger partial charge in [-0.2, -0.15) is 0 Å². The molecule has 2 aromatic heterocycles. The van der Waals surface area contributed by atoms with Gasteiger partial charge in [0, 0.05) is 16.5 Å². The molecule has 0 saturated heterocycles. The molecular formula is C19H18N2O3S. The number of nitrogens with one attached hydrogen (secondary N) is 1. The van der Waals surface area contributed by atoms with Crippen LogP contribution in [0.5, 0.6) is 0 Å². The lowest BCUT2D eigenvalue weighted by molar-refractivity contribution is 0.0168. The van der Waals surface area contributed by atoms with E-state index in [0.717, 1.165) is 23.3 Å². The monoisotopic (exact) mass is 354 g/mol. The summed E-state index contributed by atoms with van der Waals surface area (Å²) in [5.74, 6) is 0.395. The number of benzene rings is 1. The lowest BCUT2D eigenvalue weighted by Gasteiger charge is -2.27. The quantitative estimate of drug-likeness (QED) is 0.711. The zero-order valence-electron chi connectivity index (χ0n) is 13.5. The SMILES string of the molecule is O=C(NC[C@@](O)(c1cccs1)C1CC1)c1cc(-c2ccccc2)on1. The van der Waals surface area contributed by atoms with E-state index < -0.39 is 5.60 Å². The Morgan fingerprint density at radius 1 is 1.28 bits per heavy atom. The molecule has 2 heterocycles. The molecule has 1 aliphatic rings. The molecule has 1 aromatic carbocycles. The minimum Gasteiger partial charge on any atom is -0.382 e. The molecule has 1 saturated carbocycles. The van der Waals surface area contributed by atoms with Gasteiger partial charge in [-0.3, -0.25) is 4.79 Å². The van der Waals surface area contributed by atoms with Crippen LogP contribution in [-0.4, -0.2) is 22.7 Å². The summed E-state index contributed by atoms with van der Waals surface area (Å²) in [5.41, 5.74) is 0.0702. The fraction of sp³-hybridized carbons (Fsp3) is 0.263. The zero-order valence-corrected chi connectivity index (χ0v) is 14.3. The first kappa shape index (κ1) is 16.1. The summed E-state index contributed by atoms with van der Waals surface area (Å²) in [6, 6.07) is 14.9. The smallest absolute Gasteiger partial charge is 0.273 e. The molecule has 4 rings (SSSR count). The number of rotatable bonds is 6. The predicted molar refractivity (Wildman–Crippen MR) is 95.2 cm³/mol. The maximum absolute atomic E-state index is 12.4. The number of carbonyl (C=O) groups excluding carboxylic acids is 1. The molecule has 1 fully saturated rings. The van der Waals surface area contributed by atoms with Crippen molar-refractivity contribution >= 4 is 17.2 Å². The standard InChI is InChI=1S/C19H18N2O3S/c22-18(15-11-16(24-21-15)13-5-2-1-3-6-13)20-12-19(23,14-8-9-14)17-7-4-10-25-17/h1-7,10-11,14,23H,8-9,12H2,(H,20,22)/t19-/m0/s1. The number of carbonyl (C=O) groups is 1. The Balaban J connectivity index is 1.46. The van der Waals surface area contributed by atoms with Crippen LogP contribution in [0.3, 0.4) is 0 Å². The largest absolute Gasteiger partial charge is 0.382 e. The highest BCUT2D eigenvalue weighted by Gasteiger charge is 2.46. The number of hydrogen-bond donors (Lipinski definition) is 2. The number of aliphatic hydroxyl groups is 1. The maximum Gasteiger partial charge on any atom is 0.273 e. The lowest BCUT2D eigenvalue weighted by atomic mass is 9.95. The maximum atomic E-state index is 12.4. The number of hydrogen-bond acceptors (Lipinski definition) is 5. The summed E-state index contributed by atoms with van der Waals surface area (Å²) in [6.45, 7) is 0.171. The fourth-order valence-electron chi connectivity index (χ4n) is 2.94. The van der Waals surface area contributed by atoms with Gasteiger partial charge >= 0.3 is 0 Å². The van der Waals surface area contributed by atoms with Crippen LogP contribution in [0.25, 0.3) is 11.3 Å². The molecule has 25 heavy (non-hydrogen) atoms. The molecule has 2 N–H and O–H groups in total. The molecule has 0 radical (unpaired) electrons. The molecule has 6 heteroatoms. The normalized spacial score (nSPS) is 16.4. The van der Waals surface area contributed by atoms with Crippen molar-refractivity contribution in [3.63, 3.8) is 0 Å². The van der Waals surface area contributed by atoms with Gasteiger partial charge in [-0.15, -0.1) is 11.3 Å². The van der Waals surface area contributed by atoms with Gasteiger partial charge in [0.05, 0.1) is 6.54 Å². The third kappa shape index (κ3) is 3.23. The summed E-state index contributed by atoms with van der Waals surface area (Å²) < 4.78 is 5.26. The van der Waals surface area contributed by atoms with Crippen molar-refractivity contribution in [3.05, 3.63) is 64.5 Å². The van der Waals surface area contributed by atoms with E-state index >= 15 is 0 Å². The molecule has 5 nitrogen and oxygen atoms in total. The molecule has 0 aliphatic heterocycles. The molecule has 0 spiro atoms. The lowest BCUT2D eigenvalue weighted by Crippen LogP contribution is -2.42. The van der Waals surface area contributed by atoms with E-state index in [4.69, 9.17) is 4.52 Å². The Labute approximate surface area is 149 Å². The van der Waals surface area contributed by atoms with Gasteiger partial charge in [-0.1, -0.05) is 41.6 Å². The van der Waals surface area contributed by atoms with E-state index in [1.54, 1.807) is 6.07 Å². The number of thiophene rings is 1. The first-order valence-corrected chi connectivity index (χ1v) is 9.11. The molecule has 0 bridgehead atoms. The van der Waals surface area contributed by atoms with Gasteiger partial charge in [0.1, 0.15) is 5.60 Å². The van der Waals surface area contributed by atoms with E-state index in [1.165, 1.54) is 11.3 Å². The molecule has 1 aliphatic carbocycles. The first-order valence-electron chi connectivity index (χ1n) is 8.23. The van der Waals surface area contributed by atoms with Crippen molar-refractivity contribution in [2.75, 3.05) is 6.54 Å². The van der Waals surface area contributed by atoms with Crippen LogP contribution in [0, 0.1) is 5.92 Å². The molecule has 128 valence electrons. The van der Waals surface area contributed by atoms with Crippen LogP contribution < -0.4 is 5.32 Å². The Morgan fingerprint density at radius 3 is 2.76 bits per heavy atom. The second kappa shape index (κ2) is 6.46. The van der Waals surface area contributed by atoms with E-state index in [2.05, 4.69) is 10.5 Å². The zero-order chi connectivity index (χ0) is 17.3. The van der Waals surface area contributed by atoms with Crippen LogP contribution in [-0.2, 0) is 5.60 Å². The van der Waals surface area contributed by atoms with Gasteiger partial charge in [0.15, 0.2) is 11.5 Å². The van der Waals surface area contributed by atoms with Gasteiger partial charge < -0.3 is 14.9 Å². The van der Waals surface area contributed by atoms with Gasteiger partial charge in [0.2, 0.25) is 0 Å². The van der Waals surface area contributed by atoms with Gasteiger partial charge in [0.25, 0.3) is 5.91 Å². The second-order valence-corrected chi connectivity index (χ2v) is 7.25. The molecular weight excluding hydrogens is 336 g/mol. The van der Waals surface area contributed by atoms with E-state index in [-0.39, 0.29) is 24.1 Å². The summed E-state index contributed by atoms with van der Waals surface area (Å²) in [5, 5.41) is 19.6. The minimum atomic E-state index is -1.00. The minimum absolute atomic E-state index is 0.171.